The van der Waals surface area contributed by atoms with Crippen LogP contribution in [0.2, 0.25) is 0 Å². The standard InChI is InChI=1S/C11H15N3/c1-11(2,3)7-5-4-6-8-9(7)10(12)14-13-8/h4-6H,1-3H3,(H3,12,13,14). The summed E-state index contributed by atoms with van der Waals surface area (Å²) in [7, 11) is 0. The SMILES string of the molecule is CC(C)(C)c1cccc2[nH]nc(N)c12. The van der Waals surface area contributed by atoms with Crippen molar-refractivity contribution in [3.8, 4) is 0 Å². The number of benzene rings is 1. The van der Waals surface area contributed by atoms with Crippen LogP contribution in [0.15, 0.2) is 18.2 Å². The minimum atomic E-state index is 0.0947. The fourth-order valence-corrected chi connectivity index (χ4v) is 1.72. The molecular formula is C11H15N3. The van der Waals surface area contributed by atoms with Gasteiger partial charge in [0.2, 0.25) is 0 Å². The van der Waals surface area contributed by atoms with Gasteiger partial charge in [-0.1, -0.05) is 32.9 Å². The number of nitrogens with one attached hydrogen (secondary N) is 1. The summed E-state index contributed by atoms with van der Waals surface area (Å²) >= 11 is 0. The van der Waals surface area contributed by atoms with Gasteiger partial charge < -0.3 is 5.73 Å². The van der Waals surface area contributed by atoms with Crippen LogP contribution in [0.5, 0.6) is 0 Å². The number of anilines is 1. The summed E-state index contributed by atoms with van der Waals surface area (Å²) in [4.78, 5) is 0. The van der Waals surface area contributed by atoms with E-state index >= 15 is 0 Å². The zero-order valence-corrected chi connectivity index (χ0v) is 8.76. The predicted octanol–water partition coefficient (Wildman–Crippen LogP) is 2.44. The number of hydrogen-bond donors (Lipinski definition) is 2. The van der Waals surface area contributed by atoms with Crippen molar-refractivity contribution in [1.82, 2.24) is 10.2 Å². The second-order valence-electron chi connectivity index (χ2n) is 4.59. The van der Waals surface area contributed by atoms with Gasteiger partial charge in [0.05, 0.1) is 5.52 Å². The zero-order chi connectivity index (χ0) is 10.3. The van der Waals surface area contributed by atoms with Gasteiger partial charge in [-0.2, -0.15) is 5.10 Å². The van der Waals surface area contributed by atoms with E-state index in [0.717, 1.165) is 10.9 Å². The quantitative estimate of drug-likeness (QED) is 0.668. The van der Waals surface area contributed by atoms with Gasteiger partial charge in [-0.05, 0) is 17.0 Å². The molecule has 1 heterocycles. The van der Waals surface area contributed by atoms with Crippen molar-refractivity contribution in [2.45, 2.75) is 26.2 Å². The molecule has 0 saturated carbocycles. The van der Waals surface area contributed by atoms with Crippen LogP contribution in [0.3, 0.4) is 0 Å². The van der Waals surface area contributed by atoms with Crippen LogP contribution < -0.4 is 5.73 Å². The second kappa shape index (κ2) is 2.74. The Morgan fingerprint density at radius 2 is 2.00 bits per heavy atom. The number of aromatic amines is 1. The molecule has 3 heteroatoms. The van der Waals surface area contributed by atoms with Gasteiger partial charge in [-0.25, -0.2) is 0 Å². The van der Waals surface area contributed by atoms with E-state index in [0.29, 0.717) is 5.82 Å². The van der Waals surface area contributed by atoms with E-state index in [1.807, 2.05) is 12.1 Å². The van der Waals surface area contributed by atoms with Gasteiger partial charge in [0.1, 0.15) is 0 Å². The molecule has 2 aromatic rings. The van der Waals surface area contributed by atoms with Crippen molar-refractivity contribution in [2.75, 3.05) is 5.73 Å². The Kier molecular flexibility index (Phi) is 1.77. The van der Waals surface area contributed by atoms with E-state index in [2.05, 4.69) is 37.0 Å². The molecule has 0 unspecified atom stereocenters. The number of nitrogens with two attached hydrogens (primary N) is 1. The molecule has 1 aromatic heterocycles. The summed E-state index contributed by atoms with van der Waals surface area (Å²) in [6.45, 7) is 6.52. The molecule has 14 heavy (non-hydrogen) atoms. The lowest BCUT2D eigenvalue weighted by atomic mass is 9.85. The van der Waals surface area contributed by atoms with Crippen molar-refractivity contribution >= 4 is 16.7 Å². The van der Waals surface area contributed by atoms with E-state index in [9.17, 15) is 0 Å². The molecule has 0 aliphatic carbocycles. The van der Waals surface area contributed by atoms with Crippen LogP contribution in [0.4, 0.5) is 5.82 Å². The Hall–Kier alpha value is -1.51. The number of rotatable bonds is 0. The molecule has 0 spiro atoms. The number of aromatic nitrogens is 2. The normalized spacial score (nSPS) is 12.2. The first-order valence-corrected chi connectivity index (χ1v) is 4.73. The summed E-state index contributed by atoms with van der Waals surface area (Å²) in [5.41, 5.74) is 8.17. The highest BCUT2D eigenvalue weighted by Crippen LogP contribution is 2.31. The number of nitrogen functional groups attached to an aromatic ring is 1. The van der Waals surface area contributed by atoms with E-state index in [1.54, 1.807) is 0 Å². The fraction of sp³-hybridized carbons (Fsp3) is 0.364. The van der Waals surface area contributed by atoms with Crippen molar-refractivity contribution in [2.24, 2.45) is 0 Å². The van der Waals surface area contributed by atoms with Crippen LogP contribution >= 0.6 is 0 Å². The lowest BCUT2D eigenvalue weighted by Gasteiger charge is -2.19. The lowest BCUT2D eigenvalue weighted by molar-refractivity contribution is 0.596. The molecule has 0 bridgehead atoms. The molecule has 3 nitrogen and oxygen atoms in total. The van der Waals surface area contributed by atoms with Gasteiger partial charge in [-0.3, -0.25) is 5.10 Å². The van der Waals surface area contributed by atoms with Crippen LogP contribution in [0, 0.1) is 0 Å². The third-order valence-electron chi connectivity index (χ3n) is 2.43. The number of H-pyrrole nitrogens is 1. The van der Waals surface area contributed by atoms with E-state index in [4.69, 9.17) is 5.73 Å². The molecule has 0 atom stereocenters. The minimum absolute atomic E-state index is 0.0947. The highest BCUT2D eigenvalue weighted by atomic mass is 15.1. The van der Waals surface area contributed by atoms with Crippen LogP contribution in [-0.4, -0.2) is 10.2 Å². The molecule has 3 N–H and O–H groups in total. The fourth-order valence-electron chi connectivity index (χ4n) is 1.72. The zero-order valence-electron chi connectivity index (χ0n) is 8.76. The first-order chi connectivity index (χ1) is 6.50. The topological polar surface area (TPSA) is 54.7 Å². The Bertz CT molecular complexity index is 463. The van der Waals surface area contributed by atoms with Crippen molar-refractivity contribution in [1.29, 1.82) is 0 Å². The summed E-state index contributed by atoms with van der Waals surface area (Å²) < 4.78 is 0. The highest BCUT2D eigenvalue weighted by Gasteiger charge is 2.18. The largest absolute Gasteiger partial charge is 0.382 e. The van der Waals surface area contributed by atoms with Gasteiger partial charge >= 0.3 is 0 Å². The average molecular weight is 189 g/mol. The molecule has 0 amide bonds. The predicted molar refractivity (Wildman–Crippen MR) is 59.2 cm³/mol. The van der Waals surface area contributed by atoms with Gasteiger partial charge in [0.15, 0.2) is 5.82 Å². The Balaban J connectivity index is 2.82. The molecule has 2 rings (SSSR count). The lowest BCUT2D eigenvalue weighted by Crippen LogP contribution is -2.11. The summed E-state index contributed by atoms with van der Waals surface area (Å²) in [5, 5.41) is 8.00. The Morgan fingerprint density at radius 3 is 2.64 bits per heavy atom. The van der Waals surface area contributed by atoms with Crippen LogP contribution in [-0.2, 0) is 5.41 Å². The van der Waals surface area contributed by atoms with E-state index < -0.39 is 0 Å². The van der Waals surface area contributed by atoms with Crippen LogP contribution in [0.1, 0.15) is 26.3 Å². The first kappa shape index (κ1) is 9.06. The van der Waals surface area contributed by atoms with E-state index in [-0.39, 0.29) is 5.41 Å². The smallest absolute Gasteiger partial charge is 0.153 e. The summed E-state index contributed by atoms with van der Waals surface area (Å²) in [6, 6.07) is 6.13. The monoisotopic (exact) mass is 189 g/mol. The minimum Gasteiger partial charge on any atom is -0.382 e. The van der Waals surface area contributed by atoms with Gasteiger partial charge in [0, 0.05) is 5.39 Å². The Labute approximate surface area is 83.3 Å². The van der Waals surface area contributed by atoms with Crippen molar-refractivity contribution in [3.63, 3.8) is 0 Å². The van der Waals surface area contributed by atoms with Crippen LogP contribution in [0.25, 0.3) is 10.9 Å². The highest BCUT2D eigenvalue weighted by molar-refractivity contribution is 5.92. The summed E-state index contributed by atoms with van der Waals surface area (Å²) in [5.74, 6) is 0.588. The molecule has 0 fully saturated rings. The number of fused-ring (bicyclic) bond motifs is 1. The maximum absolute atomic E-state index is 5.83. The second-order valence-corrected chi connectivity index (χ2v) is 4.59. The first-order valence-electron chi connectivity index (χ1n) is 4.73. The maximum atomic E-state index is 5.83. The molecule has 0 aliphatic heterocycles. The van der Waals surface area contributed by atoms with Crippen molar-refractivity contribution < 1.29 is 0 Å². The molecule has 0 radical (unpaired) electrons. The number of hydrogen-bond acceptors (Lipinski definition) is 2. The molecule has 1 aromatic carbocycles. The summed E-state index contributed by atoms with van der Waals surface area (Å²) in [6.07, 6.45) is 0. The number of nitrogens with zero attached hydrogens (tertiary/aromatic N) is 1. The molecular weight excluding hydrogens is 174 g/mol. The third kappa shape index (κ3) is 1.25. The van der Waals surface area contributed by atoms with Gasteiger partial charge in [0.25, 0.3) is 0 Å². The van der Waals surface area contributed by atoms with Gasteiger partial charge in [-0.15, -0.1) is 0 Å². The maximum Gasteiger partial charge on any atom is 0.153 e. The Morgan fingerprint density at radius 1 is 1.29 bits per heavy atom. The average Bonchev–Trinajstić information content (AvgIpc) is 2.46. The molecule has 0 saturated heterocycles. The molecule has 0 aliphatic rings. The molecule has 74 valence electrons. The van der Waals surface area contributed by atoms with E-state index in [1.165, 1.54) is 5.56 Å². The van der Waals surface area contributed by atoms with Crippen molar-refractivity contribution in [3.05, 3.63) is 23.8 Å². The third-order valence-corrected chi connectivity index (χ3v) is 2.43.